The van der Waals surface area contributed by atoms with Gasteiger partial charge in [-0.3, -0.25) is 0 Å². The van der Waals surface area contributed by atoms with E-state index in [4.69, 9.17) is 10.5 Å². The van der Waals surface area contributed by atoms with Gasteiger partial charge in [0.2, 0.25) is 0 Å². The number of thioether (sulfide) groups is 1. The van der Waals surface area contributed by atoms with Crippen molar-refractivity contribution in [1.29, 1.82) is 0 Å². The van der Waals surface area contributed by atoms with Gasteiger partial charge in [0, 0.05) is 11.8 Å². The number of ether oxygens (including phenoxy) is 1. The molecule has 0 radical (unpaired) electrons. The van der Waals surface area contributed by atoms with Crippen LogP contribution in [0.3, 0.4) is 0 Å². The van der Waals surface area contributed by atoms with E-state index in [0.717, 1.165) is 25.4 Å². The van der Waals surface area contributed by atoms with E-state index in [9.17, 15) is 0 Å². The van der Waals surface area contributed by atoms with Gasteiger partial charge in [-0.05, 0) is 17.5 Å². The highest BCUT2D eigenvalue weighted by Gasteiger charge is 2.19. The van der Waals surface area contributed by atoms with Crippen LogP contribution >= 0.6 is 11.8 Å². The number of rotatable bonds is 5. The third-order valence-corrected chi connectivity index (χ3v) is 4.23. The Kier molecular flexibility index (Phi) is 4.27. The molecule has 1 saturated heterocycles. The van der Waals surface area contributed by atoms with E-state index in [2.05, 4.69) is 31.2 Å². The van der Waals surface area contributed by atoms with Crippen molar-refractivity contribution in [2.45, 2.75) is 24.6 Å². The van der Waals surface area contributed by atoms with Gasteiger partial charge in [0.05, 0.1) is 18.5 Å². The fraction of sp³-hybridized carbons (Fsp3) is 0.538. The van der Waals surface area contributed by atoms with Crippen molar-refractivity contribution in [3.05, 3.63) is 35.4 Å². The maximum atomic E-state index is 6.15. The molecular weight excluding hydrogens is 218 g/mol. The molecule has 0 spiro atoms. The Labute approximate surface area is 102 Å². The lowest BCUT2D eigenvalue weighted by atomic mass is 10.1. The average Bonchev–Trinajstić information content (AvgIpc) is 2.27. The first-order valence-corrected chi connectivity index (χ1v) is 6.88. The Balaban J connectivity index is 1.84. The van der Waals surface area contributed by atoms with E-state index in [1.165, 1.54) is 11.1 Å². The van der Waals surface area contributed by atoms with Gasteiger partial charge in [0.25, 0.3) is 0 Å². The van der Waals surface area contributed by atoms with Crippen LogP contribution in [-0.2, 0) is 11.2 Å². The lowest BCUT2D eigenvalue weighted by Gasteiger charge is -2.26. The minimum absolute atomic E-state index is 0.150. The van der Waals surface area contributed by atoms with E-state index in [-0.39, 0.29) is 6.04 Å². The second-order valence-corrected chi connectivity index (χ2v) is 5.53. The number of aryl methyl sites for hydroxylation is 1. The molecule has 1 atom stereocenters. The first-order valence-electron chi connectivity index (χ1n) is 5.83. The smallest absolute Gasteiger partial charge is 0.0607 e. The molecule has 1 aliphatic rings. The fourth-order valence-corrected chi connectivity index (χ4v) is 2.70. The van der Waals surface area contributed by atoms with Crippen LogP contribution in [-0.4, -0.2) is 24.2 Å². The summed E-state index contributed by atoms with van der Waals surface area (Å²) >= 11 is 1.93. The Morgan fingerprint density at radius 2 is 2.06 bits per heavy atom. The van der Waals surface area contributed by atoms with Crippen molar-refractivity contribution < 1.29 is 4.74 Å². The minimum atomic E-state index is 0.150. The van der Waals surface area contributed by atoms with Crippen molar-refractivity contribution in [3.63, 3.8) is 0 Å². The molecule has 1 fully saturated rings. The summed E-state index contributed by atoms with van der Waals surface area (Å²) in [6.07, 6.45) is 1.09. The van der Waals surface area contributed by atoms with Crippen LogP contribution in [0.1, 0.15) is 24.1 Å². The summed E-state index contributed by atoms with van der Waals surface area (Å²) in [6, 6.07) is 8.80. The van der Waals surface area contributed by atoms with Crippen LogP contribution in [0.15, 0.2) is 24.3 Å². The Hall–Kier alpha value is -0.510. The van der Waals surface area contributed by atoms with Crippen LogP contribution in [0.4, 0.5) is 0 Å². The molecule has 0 aromatic heterocycles. The number of hydrogen-bond donors (Lipinski definition) is 1. The molecule has 1 aromatic rings. The molecule has 1 heterocycles. The second kappa shape index (κ2) is 5.71. The molecule has 2 N–H and O–H groups in total. The average molecular weight is 237 g/mol. The van der Waals surface area contributed by atoms with Crippen molar-refractivity contribution in [2.75, 3.05) is 19.0 Å². The van der Waals surface area contributed by atoms with Gasteiger partial charge in [0.1, 0.15) is 0 Å². The normalized spacial score (nSPS) is 18.1. The molecular formula is C13H19NOS. The predicted molar refractivity (Wildman–Crippen MR) is 69.8 cm³/mol. The van der Waals surface area contributed by atoms with Gasteiger partial charge in [-0.15, -0.1) is 0 Å². The molecule has 2 rings (SSSR count). The molecule has 0 saturated carbocycles. The van der Waals surface area contributed by atoms with Crippen molar-refractivity contribution in [1.82, 2.24) is 0 Å². The highest BCUT2D eigenvalue weighted by atomic mass is 32.2. The first kappa shape index (κ1) is 12.0. The van der Waals surface area contributed by atoms with Crippen LogP contribution in [0, 0.1) is 0 Å². The molecule has 0 aliphatic carbocycles. The van der Waals surface area contributed by atoms with Gasteiger partial charge in [-0.25, -0.2) is 0 Å². The van der Waals surface area contributed by atoms with E-state index in [1.807, 2.05) is 11.8 Å². The zero-order valence-corrected chi connectivity index (χ0v) is 10.5. The van der Waals surface area contributed by atoms with E-state index in [0.29, 0.717) is 5.25 Å². The summed E-state index contributed by atoms with van der Waals surface area (Å²) in [4.78, 5) is 0. The lowest BCUT2D eigenvalue weighted by molar-refractivity contribution is 0.0455. The molecule has 88 valence electrons. The third-order valence-electron chi connectivity index (χ3n) is 2.94. The SMILES string of the molecule is CCc1ccc(C(N)CSC2COC2)cc1. The van der Waals surface area contributed by atoms with E-state index in [1.54, 1.807) is 0 Å². The maximum absolute atomic E-state index is 6.15. The summed E-state index contributed by atoms with van der Waals surface area (Å²) < 4.78 is 5.14. The Bertz CT molecular complexity index is 321. The van der Waals surface area contributed by atoms with Gasteiger partial charge < -0.3 is 10.5 Å². The van der Waals surface area contributed by atoms with Crippen molar-refractivity contribution in [3.8, 4) is 0 Å². The quantitative estimate of drug-likeness (QED) is 0.854. The zero-order valence-electron chi connectivity index (χ0n) is 9.69. The molecule has 1 unspecified atom stereocenters. The van der Waals surface area contributed by atoms with Crippen LogP contribution in [0.5, 0.6) is 0 Å². The first-order chi connectivity index (χ1) is 7.79. The molecule has 2 nitrogen and oxygen atoms in total. The number of nitrogens with two attached hydrogens (primary N) is 1. The molecule has 3 heteroatoms. The highest BCUT2D eigenvalue weighted by Crippen LogP contribution is 2.24. The molecule has 0 bridgehead atoms. The fourth-order valence-electron chi connectivity index (χ4n) is 1.65. The standard InChI is InChI=1S/C13H19NOS/c1-2-10-3-5-11(6-4-10)13(14)9-16-12-7-15-8-12/h3-6,12-13H,2,7-9,14H2,1H3. The van der Waals surface area contributed by atoms with Gasteiger partial charge in [-0.2, -0.15) is 11.8 Å². The van der Waals surface area contributed by atoms with Gasteiger partial charge in [0.15, 0.2) is 0 Å². The summed E-state index contributed by atoms with van der Waals surface area (Å²) in [5.41, 5.74) is 8.76. The van der Waals surface area contributed by atoms with E-state index >= 15 is 0 Å². The zero-order chi connectivity index (χ0) is 11.4. The van der Waals surface area contributed by atoms with Crippen LogP contribution in [0.25, 0.3) is 0 Å². The topological polar surface area (TPSA) is 35.2 Å². The van der Waals surface area contributed by atoms with Crippen molar-refractivity contribution in [2.24, 2.45) is 5.73 Å². The molecule has 16 heavy (non-hydrogen) atoms. The number of benzene rings is 1. The molecule has 1 aromatic carbocycles. The minimum Gasteiger partial charge on any atom is -0.379 e. The maximum Gasteiger partial charge on any atom is 0.0607 e. The second-order valence-electron chi connectivity index (χ2n) is 4.19. The van der Waals surface area contributed by atoms with Crippen LogP contribution in [0.2, 0.25) is 0 Å². The lowest BCUT2D eigenvalue weighted by Crippen LogP contribution is -2.31. The summed E-state index contributed by atoms with van der Waals surface area (Å²) in [5.74, 6) is 0.986. The summed E-state index contributed by atoms with van der Waals surface area (Å²) in [5, 5.41) is 0.668. The largest absolute Gasteiger partial charge is 0.379 e. The predicted octanol–water partition coefficient (Wildman–Crippen LogP) is 2.38. The van der Waals surface area contributed by atoms with Gasteiger partial charge >= 0.3 is 0 Å². The molecule has 1 aliphatic heterocycles. The summed E-state index contributed by atoms with van der Waals surface area (Å²) in [6.45, 7) is 3.96. The Morgan fingerprint density at radius 1 is 1.38 bits per heavy atom. The van der Waals surface area contributed by atoms with Crippen LogP contribution < -0.4 is 5.73 Å². The highest BCUT2D eigenvalue weighted by molar-refractivity contribution is 8.00. The Morgan fingerprint density at radius 3 is 2.56 bits per heavy atom. The number of hydrogen-bond acceptors (Lipinski definition) is 3. The monoisotopic (exact) mass is 237 g/mol. The van der Waals surface area contributed by atoms with E-state index < -0.39 is 0 Å². The third kappa shape index (κ3) is 3.00. The molecule has 0 amide bonds. The summed E-state index contributed by atoms with van der Waals surface area (Å²) in [7, 11) is 0. The van der Waals surface area contributed by atoms with Crippen molar-refractivity contribution >= 4 is 11.8 Å². The van der Waals surface area contributed by atoms with Gasteiger partial charge in [-0.1, -0.05) is 31.2 Å².